The van der Waals surface area contributed by atoms with Gasteiger partial charge < -0.3 is 10.8 Å². The molecule has 3 aromatic rings. The van der Waals surface area contributed by atoms with Gasteiger partial charge in [0, 0.05) is 23.5 Å². The van der Waals surface area contributed by atoms with Gasteiger partial charge >= 0.3 is 0 Å². The van der Waals surface area contributed by atoms with E-state index in [-0.39, 0.29) is 0 Å². The Bertz CT molecular complexity index is 838. The third-order valence-corrected chi connectivity index (χ3v) is 4.46. The van der Waals surface area contributed by atoms with Crippen molar-refractivity contribution in [2.24, 2.45) is 0 Å². The van der Waals surface area contributed by atoms with Crippen molar-refractivity contribution in [3.8, 4) is 0 Å². The van der Waals surface area contributed by atoms with Crippen molar-refractivity contribution >= 4 is 16.5 Å². The Hall–Kier alpha value is -2.39. The molecule has 2 aromatic carbocycles. The molecule has 0 fully saturated rings. The number of pyridine rings is 1. The van der Waals surface area contributed by atoms with Gasteiger partial charge in [-0.3, -0.25) is 4.98 Å². The largest absolute Gasteiger partial charge is 0.399 e. The molecule has 1 heterocycles. The molecule has 0 aliphatic heterocycles. The van der Waals surface area contributed by atoms with E-state index >= 15 is 0 Å². The summed E-state index contributed by atoms with van der Waals surface area (Å²) in [7, 11) is 0. The molecule has 1 atom stereocenters. The molecule has 0 radical (unpaired) electrons. The van der Waals surface area contributed by atoms with Crippen LogP contribution in [0.4, 0.5) is 5.69 Å². The SMILES string of the molecule is Nc1ccc2c(c1)CCC2(O)c1cccc2ccncc12. The Morgan fingerprint density at radius 1 is 1.10 bits per heavy atom. The molecular weight excluding hydrogens is 260 g/mol. The molecule has 0 saturated carbocycles. The van der Waals surface area contributed by atoms with Gasteiger partial charge in [0.25, 0.3) is 0 Å². The summed E-state index contributed by atoms with van der Waals surface area (Å²) in [6, 6.07) is 13.8. The van der Waals surface area contributed by atoms with E-state index in [4.69, 9.17) is 5.73 Å². The summed E-state index contributed by atoms with van der Waals surface area (Å²) >= 11 is 0. The fourth-order valence-electron chi connectivity index (χ4n) is 3.43. The lowest BCUT2D eigenvalue weighted by Crippen LogP contribution is -2.24. The summed E-state index contributed by atoms with van der Waals surface area (Å²) in [5.41, 5.74) is 8.68. The number of aliphatic hydroxyl groups is 1. The highest BCUT2D eigenvalue weighted by Crippen LogP contribution is 2.44. The third-order valence-electron chi connectivity index (χ3n) is 4.46. The van der Waals surface area contributed by atoms with E-state index in [9.17, 15) is 5.11 Å². The standard InChI is InChI=1S/C18H16N2O/c19-14-4-5-16-13(10-14)6-8-18(16,21)17-3-1-2-12-7-9-20-11-15(12)17/h1-5,7,9-11,21H,6,8,19H2. The van der Waals surface area contributed by atoms with Gasteiger partial charge in [0.05, 0.1) is 0 Å². The molecule has 3 N–H and O–H groups in total. The molecule has 0 saturated heterocycles. The van der Waals surface area contributed by atoms with Crippen LogP contribution < -0.4 is 5.73 Å². The van der Waals surface area contributed by atoms with Crippen molar-refractivity contribution in [1.29, 1.82) is 0 Å². The molecule has 1 aliphatic carbocycles. The Morgan fingerprint density at radius 2 is 2.00 bits per heavy atom. The maximum absolute atomic E-state index is 11.3. The summed E-state index contributed by atoms with van der Waals surface area (Å²) in [5, 5.41) is 13.4. The van der Waals surface area contributed by atoms with Crippen molar-refractivity contribution in [1.82, 2.24) is 4.98 Å². The number of hydrogen-bond donors (Lipinski definition) is 2. The second-order valence-electron chi connectivity index (χ2n) is 5.68. The Kier molecular flexibility index (Phi) is 2.53. The first-order valence-electron chi connectivity index (χ1n) is 7.13. The third kappa shape index (κ3) is 1.74. The van der Waals surface area contributed by atoms with Crippen LogP contribution in [0.25, 0.3) is 10.8 Å². The fraction of sp³-hybridized carbons (Fsp3) is 0.167. The minimum absolute atomic E-state index is 0.680. The Balaban J connectivity index is 1.98. The minimum Gasteiger partial charge on any atom is -0.399 e. The number of nitrogen functional groups attached to an aromatic ring is 1. The summed E-state index contributed by atoms with van der Waals surface area (Å²) in [5.74, 6) is 0. The van der Waals surface area contributed by atoms with Gasteiger partial charge in [0.1, 0.15) is 5.60 Å². The van der Waals surface area contributed by atoms with Gasteiger partial charge in [-0.05, 0) is 53.1 Å². The molecule has 4 rings (SSSR count). The average Bonchev–Trinajstić information content (AvgIpc) is 2.84. The summed E-state index contributed by atoms with van der Waals surface area (Å²) in [6.07, 6.45) is 5.13. The van der Waals surface area contributed by atoms with Gasteiger partial charge in [-0.25, -0.2) is 0 Å². The van der Waals surface area contributed by atoms with Gasteiger partial charge in [0.15, 0.2) is 0 Å². The van der Waals surface area contributed by atoms with E-state index in [0.717, 1.165) is 39.6 Å². The second kappa shape index (κ2) is 4.30. The predicted molar refractivity (Wildman–Crippen MR) is 83.9 cm³/mol. The highest BCUT2D eigenvalue weighted by Gasteiger charge is 2.39. The summed E-state index contributed by atoms with van der Waals surface area (Å²) < 4.78 is 0. The fourth-order valence-corrected chi connectivity index (χ4v) is 3.43. The maximum atomic E-state index is 11.3. The highest BCUT2D eigenvalue weighted by molar-refractivity contribution is 5.86. The first kappa shape index (κ1) is 12.4. The molecule has 0 bridgehead atoms. The maximum Gasteiger partial charge on any atom is 0.116 e. The molecule has 1 aliphatic rings. The molecule has 3 nitrogen and oxygen atoms in total. The van der Waals surface area contributed by atoms with Crippen LogP contribution in [0, 0.1) is 0 Å². The van der Waals surface area contributed by atoms with Crippen LogP contribution in [0.1, 0.15) is 23.1 Å². The summed E-state index contributed by atoms with van der Waals surface area (Å²) in [6.45, 7) is 0. The van der Waals surface area contributed by atoms with Crippen LogP contribution in [0.2, 0.25) is 0 Å². The first-order valence-corrected chi connectivity index (χ1v) is 7.13. The van der Waals surface area contributed by atoms with E-state index in [1.807, 2.05) is 48.7 Å². The monoisotopic (exact) mass is 276 g/mol. The quantitative estimate of drug-likeness (QED) is 0.672. The molecule has 1 aromatic heterocycles. The predicted octanol–water partition coefficient (Wildman–Crippen LogP) is 3.00. The minimum atomic E-state index is -0.953. The lowest BCUT2D eigenvalue weighted by atomic mass is 9.85. The van der Waals surface area contributed by atoms with Crippen molar-refractivity contribution in [3.63, 3.8) is 0 Å². The zero-order valence-electron chi connectivity index (χ0n) is 11.6. The van der Waals surface area contributed by atoms with E-state index in [1.54, 1.807) is 6.20 Å². The number of hydrogen-bond acceptors (Lipinski definition) is 3. The van der Waals surface area contributed by atoms with E-state index in [1.165, 1.54) is 0 Å². The van der Waals surface area contributed by atoms with Crippen LogP contribution in [0.3, 0.4) is 0 Å². The van der Waals surface area contributed by atoms with Gasteiger partial charge in [-0.2, -0.15) is 0 Å². The van der Waals surface area contributed by atoms with Gasteiger partial charge in [-0.1, -0.05) is 24.3 Å². The van der Waals surface area contributed by atoms with Crippen LogP contribution in [-0.4, -0.2) is 10.1 Å². The number of nitrogens with zero attached hydrogens (tertiary/aromatic N) is 1. The van der Waals surface area contributed by atoms with Gasteiger partial charge in [0.2, 0.25) is 0 Å². The van der Waals surface area contributed by atoms with Crippen LogP contribution in [0.15, 0.2) is 54.9 Å². The molecule has 0 spiro atoms. The normalized spacial score (nSPS) is 20.6. The highest BCUT2D eigenvalue weighted by atomic mass is 16.3. The van der Waals surface area contributed by atoms with Crippen LogP contribution in [-0.2, 0) is 12.0 Å². The number of fused-ring (bicyclic) bond motifs is 2. The molecule has 104 valence electrons. The number of aromatic nitrogens is 1. The molecule has 3 heteroatoms. The van der Waals surface area contributed by atoms with E-state index in [0.29, 0.717) is 6.42 Å². The zero-order valence-corrected chi connectivity index (χ0v) is 11.6. The van der Waals surface area contributed by atoms with Crippen molar-refractivity contribution in [3.05, 3.63) is 71.5 Å². The number of benzene rings is 2. The first-order chi connectivity index (χ1) is 10.2. The molecular formula is C18H16N2O. The zero-order chi connectivity index (χ0) is 14.4. The second-order valence-corrected chi connectivity index (χ2v) is 5.68. The molecule has 0 amide bonds. The van der Waals surface area contributed by atoms with E-state index in [2.05, 4.69) is 4.98 Å². The molecule has 1 unspecified atom stereocenters. The van der Waals surface area contributed by atoms with E-state index < -0.39 is 5.60 Å². The van der Waals surface area contributed by atoms with Crippen LogP contribution >= 0.6 is 0 Å². The summed E-state index contributed by atoms with van der Waals surface area (Å²) in [4.78, 5) is 4.22. The average molecular weight is 276 g/mol. The Labute approximate surface area is 123 Å². The van der Waals surface area contributed by atoms with Crippen molar-refractivity contribution < 1.29 is 5.11 Å². The number of aryl methyl sites for hydroxylation is 1. The van der Waals surface area contributed by atoms with Gasteiger partial charge in [-0.15, -0.1) is 0 Å². The Morgan fingerprint density at radius 3 is 2.90 bits per heavy atom. The van der Waals surface area contributed by atoms with Crippen LogP contribution in [0.5, 0.6) is 0 Å². The number of anilines is 1. The number of rotatable bonds is 1. The number of nitrogens with two attached hydrogens (primary N) is 1. The topological polar surface area (TPSA) is 59.1 Å². The smallest absolute Gasteiger partial charge is 0.116 e. The van der Waals surface area contributed by atoms with Crippen molar-refractivity contribution in [2.75, 3.05) is 5.73 Å². The van der Waals surface area contributed by atoms with Crippen molar-refractivity contribution in [2.45, 2.75) is 18.4 Å². The lowest BCUT2D eigenvalue weighted by Gasteiger charge is -2.26. The lowest BCUT2D eigenvalue weighted by molar-refractivity contribution is 0.0845. The molecule has 21 heavy (non-hydrogen) atoms.